The number of aryl methyl sites for hydroxylation is 3. The summed E-state index contributed by atoms with van der Waals surface area (Å²) in [6, 6.07) is 6.16. The van der Waals surface area contributed by atoms with Gasteiger partial charge in [-0.05, 0) is 75.7 Å². The van der Waals surface area contributed by atoms with Gasteiger partial charge >= 0.3 is 5.97 Å². The molecule has 24 heavy (non-hydrogen) atoms. The number of rotatable bonds is 4. The monoisotopic (exact) mass is 362 g/mol. The number of ether oxygens (including phenoxy) is 1. The minimum absolute atomic E-state index is 0.323. The molecule has 2 rings (SSSR count). The normalized spacial score (nSPS) is 10.4. The maximum absolute atomic E-state index is 12.2. The molecule has 1 aromatic heterocycles. The Morgan fingerprint density at radius 3 is 2.33 bits per heavy atom. The Morgan fingerprint density at radius 1 is 1.12 bits per heavy atom. The average molecular weight is 363 g/mol. The number of thiophene rings is 1. The fourth-order valence-corrected chi connectivity index (χ4v) is 3.81. The van der Waals surface area contributed by atoms with Gasteiger partial charge in [0.05, 0.1) is 12.2 Å². The quantitative estimate of drug-likeness (QED) is 0.594. The summed E-state index contributed by atoms with van der Waals surface area (Å²) in [6.07, 6.45) is 0. The number of hydrogen-bond acceptors (Lipinski definition) is 4. The summed E-state index contributed by atoms with van der Waals surface area (Å²) in [4.78, 5) is 13.3. The summed E-state index contributed by atoms with van der Waals surface area (Å²) in [7, 11) is 0. The second-order valence-corrected chi connectivity index (χ2v) is 7.30. The molecule has 128 valence electrons. The molecule has 0 bridgehead atoms. The highest BCUT2D eigenvalue weighted by Crippen LogP contribution is 2.33. The SMILES string of the molecule is CCOC(=O)c1c(NC(=S)Nc2cc(C)cc(C)c2)sc(C)c1C. The van der Waals surface area contributed by atoms with Crippen LogP contribution in [0.15, 0.2) is 18.2 Å². The molecule has 0 spiro atoms. The van der Waals surface area contributed by atoms with Gasteiger partial charge in [0.2, 0.25) is 0 Å². The first-order valence-corrected chi connectivity index (χ1v) is 8.97. The van der Waals surface area contributed by atoms with E-state index in [1.165, 1.54) is 11.3 Å². The molecule has 0 radical (unpaired) electrons. The van der Waals surface area contributed by atoms with Gasteiger partial charge in [-0.15, -0.1) is 11.3 Å². The molecule has 0 saturated carbocycles. The van der Waals surface area contributed by atoms with Crippen LogP contribution in [0, 0.1) is 27.7 Å². The Balaban J connectivity index is 2.19. The molecule has 6 heteroatoms. The lowest BCUT2D eigenvalue weighted by Gasteiger charge is -2.12. The van der Waals surface area contributed by atoms with Crippen molar-refractivity contribution in [2.24, 2.45) is 0 Å². The third kappa shape index (κ3) is 4.33. The molecule has 1 heterocycles. The van der Waals surface area contributed by atoms with Crippen LogP contribution < -0.4 is 10.6 Å². The molecule has 0 aliphatic carbocycles. The van der Waals surface area contributed by atoms with E-state index in [9.17, 15) is 4.79 Å². The predicted molar refractivity (Wildman–Crippen MR) is 106 cm³/mol. The van der Waals surface area contributed by atoms with Gasteiger partial charge in [0.1, 0.15) is 5.00 Å². The molecule has 4 nitrogen and oxygen atoms in total. The van der Waals surface area contributed by atoms with E-state index in [2.05, 4.69) is 16.7 Å². The van der Waals surface area contributed by atoms with Crippen molar-refractivity contribution in [2.75, 3.05) is 17.2 Å². The van der Waals surface area contributed by atoms with Crippen molar-refractivity contribution in [1.82, 2.24) is 0 Å². The lowest BCUT2D eigenvalue weighted by Crippen LogP contribution is -2.20. The molecule has 0 atom stereocenters. The van der Waals surface area contributed by atoms with E-state index in [1.807, 2.05) is 39.8 Å². The topological polar surface area (TPSA) is 50.4 Å². The zero-order valence-electron chi connectivity index (χ0n) is 14.6. The number of benzene rings is 1. The molecule has 2 N–H and O–H groups in total. The Hall–Kier alpha value is -1.92. The molecule has 0 saturated heterocycles. The third-order valence-electron chi connectivity index (χ3n) is 3.57. The Labute approximate surface area is 152 Å². The fraction of sp³-hybridized carbons (Fsp3) is 0.333. The fourth-order valence-electron chi connectivity index (χ4n) is 2.48. The summed E-state index contributed by atoms with van der Waals surface area (Å²) in [5, 5.41) is 7.47. The van der Waals surface area contributed by atoms with Gasteiger partial charge in [0.15, 0.2) is 5.11 Å². The summed E-state index contributed by atoms with van der Waals surface area (Å²) in [5.41, 5.74) is 4.73. The minimum atomic E-state index is -0.323. The van der Waals surface area contributed by atoms with Crippen LogP contribution in [0.2, 0.25) is 0 Å². The highest BCUT2D eigenvalue weighted by Gasteiger charge is 2.21. The van der Waals surface area contributed by atoms with Gasteiger partial charge in [-0.25, -0.2) is 4.79 Å². The summed E-state index contributed by atoms with van der Waals surface area (Å²) in [5.74, 6) is -0.323. The zero-order valence-corrected chi connectivity index (χ0v) is 16.2. The lowest BCUT2D eigenvalue weighted by molar-refractivity contribution is 0.0527. The second-order valence-electron chi connectivity index (χ2n) is 5.66. The first-order valence-electron chi connectivity index (χ1n) is 7.75. The van der Waals surface area contributed by atoms with Gasteiger partial charge in [-0.2, -0.15) is 0 Å². The number of carbonyl (C=O) groups is 1. The van der Waals surface area contributed by atoms with Crippen LogP contribution in [0.3, 0.4) is 0 Å². The van der Waals surface area contributed by atoms with E-state index in [0.717, 1.165) is 27.3 Å². The van der Waals surface area contributed by atoms with E-state index in [-0.39, 0.29) is 5.97 Å². The standard InChI is InChI=1S/C18H22N2O2S2/c1-6-22-17(21)15-12(4)13(5)24-16(15)20-18(23)19-14-8-10(2)7-11(3)9-14/h7-9H,6H2,1-5H3,(H2,19,20,23). The van der Waals surface area contributed by atoms with Crippen molar-refractivity contribution in [3.8, 4) is 0 Å². The number of hydrogen-bond donors (Lipinski definition) is 2. The number of carbonyl (C=O) groups excluding carboxylic acids is 1. The van der Waals surface area contributed by atoms with E-state index in [4.69, 9.17) is 17.0 Å². The summed E-state index contributed by atoms with van der Waals surface area (Å²) >= 11 is 6.90. The van der Waals surface area contributed by atoms with Crippen LogP contribution >= 0.6 is 23.6 Å². The molecular formula is C18H22N2O2S2. The molecule has 0 fully saturated rings. The van der Waals surface area contributed by atoms with E-state index in [0.29, 0.717) is 22.3 Å². The van der Waals surface area contributed by atoms with Crippen molar-refractivity contribution in [3.63, 3.8) is 0 Å². The zero-order chi connectivity index (χ0) is 17.9. The maximum Gasteiger partial charge on any atom is 0.341 e. The largest absolute Gasteiger partial charge is 0.462 e. The van der Waals surface area contributed by atoms with E-state index >= 15 is 0 Å². The predicted octanol–water partition coefficient (Wildman–Crippen LogP) is 4.97. The number of esters is 1. The van der Waals surface area contributed by atoms with Gasteiger partial charge in [0.25, 0.3) is 0 Å². The van der Waals surface area contributed by atoms with Crippen LogP contribution in [0.1, 0.15) is 38.8 Å². The van der Waals surface area contributed by atoms with Gasteiger partial charge < -0.3 is 15.4 Å². The molecule has 2 aromatic rings. The Kier molecular flexibility index (Phi) is 5.96. The number of nitrogens with one attached hydrogen (secondary N) is 2. The van der Waals surface area contributed by atoms with E-state index in [1.54, 1.807) is 6.92 Å². The highest BCUT2D eigenvalue weighted by molar-refractivity contribution is 7.80. The van der Waals surface area contributed by atoms with Gasteiger partial charge in [-0.3, -0.25) is 0 Å². The van der Waals surface area contributed by atoms with Crippen LogP contribution in [-0.4, -0.2) is 17.7 Å². The second kappa shape index (κ2) is 7.77. The minimum Gasteiger partial charge on any atom is -0.462 e. The molecule has 1 aromatic carbocycles. The van der Waals surface area contributed by atoms with Crippen LogP contribution in [0.25, 0.3) is 0 Å². The summed E-state index contributed by atoms with van der Waals surface area (Å²) in [6.45, 7) is 10.1. The van der Waals surface area contributed by atoms with Gasteiger partial charge in [-0.1, -0.05) is 6.07 Å². The van der Waals surface area contributed by atoms with Crippen LogP contribution in [0.4, 0.5) is 10.7 Å². The van der Waals surface area contributed by atoms with Crippen molar-refractivity contribution in [3.05, 3.63) is 45.3 Å². The van der Waals surface area contributed by atoms with Crippen LogP contribution in [0.5, 0.6) is 0 Å². The number of thiocarbonyl (C=S) groups is 1. The van der Waals surface area contributed by atoms with Crippen molar-refractivity contribution in [1.29, 1.82) is 0 Å². The molecule has 0 aliphatic rings. The van der Waals surface area contributed by atoms with Crippen LogP contribution in [-0.2, 0) is 4.74 Å². The summed E-state index contributed by atoms with van der Waals surface area (Å²) < 4.78 is 5.16. The molecular weight excluding hydrogens is 340 g/mol. The molecule has 0 aliphatic heterocycles. The first-order chi connectivity index (χ1) is 11.3. The average Bonchev–Trinajstić information content (AvgIpc) is 2.72. The first kappa shape index (κ1) is 18.4. The van der Waals surface area contributed by atoms with E-state index < -0.39 is 0 Å². The smallest absolute Gasteiger partial charge is 0.341 e. The van der Waals surface area contributed by atoms with Crippen molar-refractivity contribution >= 4 is 45.3 Å². The molecule has 0 unspecified atom stereocenters. The highest BCUT2D eigenvalue weighted by atomic mass is 32.1. The van der Waals surface area contributed by atoms with Crippen molar-refractivity contribution < 1.29 is 9.53 Å². The lowest BCUT2D eigenvalue weighted by atomic mass is 10.1. The van der Waals surface area contributed by atoms with Gasteiger partial charge in [0, 0.05) is 10.6 Å². The van der Waals surface area contributed by atoms with Crippen molar-refractivity contribution in [2.45, 2.75) is 34.6 Å². The Bertz CT molecular complexity index is 761. The maximum atomic E-state index is 12.2. The Morgan fingerprint density at radius 2 is 1.75 bits per heavy atom. The number of anilines is 2. The molecule has 0 amide bonds. The third-order valence-corrected chi connectivity index (χ3v) is 4.90.